The molecule has 0 saturated carbocycles. The van der Waals surface area contributed by atoms with E-state index in [0.29, 0.717) is 0 Å². The standard InChI is InChI=1S/C17H16O/c1-2-3-14-18-17(15-10-6-4-7-11-15)16-12-8-5-9-13-16/h2-14,17H,1H2. The Morgan fingerprint density at radius 1 is 0.833 bits per heavy atom. The summed E-state index contributed by atoms with van der Waals surface area (Å²) in [6.45, 7) is 3.64. The molecule has 18 heavy (non-hydrogen) atoms. The van der Waals surface area contributed by atoms with Crippen LogP contribution in [0.4, 0.5) is 0 Å². The van der Waals surface area contributed by atoms with Crippen LogP contribution >= 0.6 is 0 Å². The normalized spacial score (nSPS) is 10.7. The highest BCUT2D eigenvalue weighted by Gasteiger charge is 2.12. The molecular formula is C17H16O. The maximum atomic E-state index is 5.80. The minimum Gasteiger partial charge on any atom is -0.489 e. The third kappa shape index (κ3) is 3.11. The molecule has 0 amide bonds. The van der Waals surface area contributed by atoms with Crippen molar-refractivity contribution >= 4 is 0 Å². The molecule has 0 heterocycles. The first-order chi connectivity index (χ1) is 8.92. The molecule has 2 aromatic rings. The Morgan fingerprint density at radius 3 is 1.78 bits per heavy atom. The van der Waals surface area contributed by atoms with Gasteiger partial charge in [0.2, 0.25) is 0 Å². The predicted molar refractivity (Wildman–Crippen MR) is 75.1 cm³/mol. The lowest BCUT2D eigenvalue weighted by molar-refractivity contribution is 0.183. The predicted octanol–water partition coefficient (Wildman–Crippen LogP) is 4.49. The van der Waals surface area contributed by atoms with E-state index in [2.05, 4.69) is 30.8 Å². The van der Waals surface area contributed by atoms with Gasteiger partial charge in [0.1, 0.15) is 6.10 Å². The number of hydrogen-bond donors (Lipinski definition) is 0. The molecule has 1 heteroatoms. The van der Waals surface area contributed by atoms with Gasteiger partial charge in [-0.3, -0.25) is 0 Å². The molecule has 0 atom stereocenters. The summed E-state index contributed by atoms with van der Waals surface area (Å²) in [5.41, 5.74) is 2.27. The molecule has 0 aromatic heterocycles. The van der Waals surface area contributed by atoms with Crippen LogP contribution in [0.5, 0.6) is 0 Å². The summed E-state index contributed by atoms with van der Waals surface area (Å²) in [4.78, 5) is 0. The Balaban J connectivity index is 2.29. The first-order valence-electron chi connectivity index (χ1n) is 5.95. The first kappa shape index (κ1) is 12.2. The molecule has 0 spiro atoms. The van der Waals surface area contributed by atoms with E-state index in [1.165, 1.54) is 0 Å². The smallest absolute Gasteiger partial charge is 0.148 e. The summed E-state index contributed by atoms with van der Waals surface area (Å²) in [5, 5.41) is 0. The molecule has 1 nitrogen and oxygen atoms in total. The van der Waals surface area contributed by atoms with E-state index in [0.717, 1.165) is 11.1 Å². The highest BCUT2D eigenvalue weighted by Crippen LogP contribution is 2.25. The van der Waals surface area contributed by atoms with Crippen LogP contribution in [-0.4, -0.2) is 0 Å². The summed E-state index contributed by atoms with van der Waals surface area (Å²) >= 11 is 0. The molecule has 0 N–H and O–H groups in total. The summed E-state index contributed by atoms with van der Waals surface area (Å²) in [6.07, 6.45) is 5.09. The second-order valence-corrected chi connectivity index (χ2v) is 3.90. The Labute approximate surface area is 108 Å². The second kappa shape index (κ2) is 6.45. The van der Waals surface area contributed by atoms with Crippen molar-refractivity contribution in [3.05, 3.63) is 96.8 Å². The topological polar surface area (TPSA) is 9.23 Å². The quantitative estimate of drug-likeness (QED) is 0.549. The molecule has 0 fully saturated rings. The van der Waals surface area contributed by atoms with Gasteiger partial charge in [0.15, 0.2) is 0 Å². The summed E-state index contributed by atoms with van der Waals surface area (Å²) in [6, 6.07) is 20.4. The van der Waals surface area contributed by atoms with Gasteiger partial charge in [-0.2, -0.15) is 0 Å². The largest absolute Gasteiger partial charge is 0.489 e. The van der Waals surface area contributed by atoms with Crippen molar-refractivity contribution < 1.29 is 4.74 Å². The molecule has 0 aliphatic rings. The van der Waals surface area contributed by atoms with Crippen LogP contribution in [0.25, 0.3) is 0 Å². The van der Waals surface area contributed by atoms with Gasteiger partial charge >= 0.3 is 0 Å². The van der Waals surface area contributed by atoms with Crippen molar-refractivity contribution in [2.45, 2.75) is 6.10 Å². The fourth-order valence-electron chi connectivity index (χ4n) is 1.78. The molecule has 2 aromatic carbocycles. The Morgan fingerprint density at radius 2 is 1.33 bits per heavy atom. The van der Waals surface area contributed by atoms with Crippen molar-refractivity contribution in [1.29, 1.82) is 0 Å². The SMILES string of the molecule is C=CC=COC(c1ccccc1)c1ccccc1. The van der Waals surface area contributed by atoms with Crippen LogP contribution in [-0.2, 0) is 4.74 Å². The zero-order chi connectivity index (χ0) is 12.6. The van der Waals surface area contributed by atoms with Gasteiger partial charge in [-0.05, 0) is 17.2 Å². The summed E-state index contributed by atoms with van der Waals surface area (Å²) < 4.78 is 5.80. The van der Waals surface area contributed by atoms with Crippen LogP contribution in [0.2, 0.25) is 0 Å². The number of ether oxygens (including phenoxy) is 1. The van der Waals surface area contributed by atoms with Gasteiger partial charge < -0.3 is 4.74 Å². The van der Waals surface area contributed by atoms with E-state index >= 15 is 0 Å². The Bertz CT molecular complexity index is 460. The maximum Gasteiger partial charge on any atom is 0.148 e. The molecule has 0 bridgehead atoms. The van der Waals surface area contributed by atoms with Gasteiger partial charge in [0.25, 0.3) is 0 Å². The third-order valence-corrected chi connectivity index (χ3v) is 2.63. The zero-order valence-corrected chi connectivity index (χ0v) is 10.2. The average molecular weight is 236 g/mol. The van der Waals surface area contributed by atoms with Crippen LogP contribution in [0.15, 0.2) is 85.7 Å². The molecule has 0 saturated heterocycles. The summed E-state index contributed by atoms with van der Waals surface area (Å²) in [7, 11) is 0. The van der Waals surface area contributed by atoms with E-state index in [1.807, 2.05) is 36.4 Å². The van der Waals surface area contributed by atoms with Crippen molar-refractivity contribution in [1.82, 2.24) is 0 Å². The Kier molecular flexibility index (Phi) is 4.37. The van der Waals surface area contributed by atoms with Gasteiger partial charge in [-0.25, -0.2) is 0 Å². The number of rotatable bonds is 5. The van der Waals surface area contributed by atoms with E-state index in [-0.39, 0.29) is 6.10 Å². The minimum atomic E-state index is -0.0800. The molecular weight excluding hydrogens is 220 g/mol. The average Bonchev–Trinajstić information content (AvgIpc) is 2.46. The van der Waals surface area contributed by atoms with Gasteiger partial charge in [0.05, 0.1) is 6.26 Å². The number of benzene rings is 2. The highest BCUT2D eigenvalue weighted by molar-refractivity contribution is 5.30. The highest BCUT2D eigenvalue weighted by atomic mass is 16.5. The monoisotopic (exact) mass is 236 g/mol. The number of allylic oxidation sites excluding steroid dienone is 2. The van der Waals surface area contributed by atoms with Gasteiger partial charge in [-0.1, -0.05) is 73.3 Å². The minimum absolute atomic E-state index is 0.0800. The maximum absolute atomic E-state index is 5.80. The molecule has 0 aliphatic heterocycles. The second-order valence-electron chi connectivity index (χ2n) is 3.90. The molecule has 0 radical (unpaired) electrons. The van der Waals surface area contributed by atoms with Crippen LogP contribution in [0.1, 0.15) is 17.2 Å². The lowest BCUT2D eigenvalue weighted by Crippen LogP contribution is -2.02. The number of hydrogen-bond acceptors (Lipinski definition) is 1. The summed E-state index contributed by atoms with van der Waals surface area (Å²) in [5.74, 6) is 0. The van der Waals surface area contributed by atoms with E-state index in [4.69, 9.17) is 4.74 Å². The van der Waals surface area contributed by atoms with Gasteiger partial charge in [0, 0.05) is 0 Å². The molecule has 2 rings (SSSR count). The van der Waals surface area contributed by atoms with E-state index in [9.17, 15) is 0 Å². The van der Waals surface area contributed by atoms with Crippen LogP contribution < -0.4 is 0 Å². The van der Waals surface area contributed by atoms with Crippen molar-refractivity contribution in [3.8, 4) is 0 Å². The van der Waals surface area contributed by atoms with Crippen molar-refractivity contribution in [2.24, 2.45) is 0 Å². The van der Waals surface area contributed by atoms with Crippen LogP contribution in [0.3, 0.4) is 0 Å². The van der Waals surface area contributed by atoms with E-state index in [1.54, 1.807) is 18.4 Å². The molecule has 90 valence electrons. The van der Waals surface area contributed by atoms with Gasteiger partial charge in [-0.15, -0.1) is 0 Å². The third-order valence-electron chi connectivity index (χ3n) is 2.63. The lowest BCUT2D eigenvalue weighted by Gasteiger charge is -2.17. The van der Waals surface area contributed by atoms with Crippen LogP contribution in [0, 0.1) is 0 Å². The van der Waals surface area contributed by atoms with E-state index < -0.39 is 0 Å². The first-order valence-corrected chi connectivity index (χ1v) is 5.95. The Hall–Kier alpha value is -2.28. The molecule has 0 unspecified atom stereocenters. The lowest BCUT2D eigenvalue weighted by atomic mass is 10.0. The molecule has 0 aliphatic carbocycles. The van der Waals surface area contributed by atoms with Crippen molar-refractivity contribution in [2.75, 3.05) is 0 Å². The fraction of sp³-hybridized carbons (Fsp3) is 0.0588. The van der Waals surface area contributed by atoms with Crippen molar-refractivity contribution in [3.63, 3.8) is 0 Å². The fourth-order valence-corrected chi connectivity index (χ4v) is 1.78. The zero-order valence-electron chi connectivity index (χ0n) is 10.2.